The molecule has 0 unspecified atom stereocenters. The van der Waals surface area contributed by atoms with Gasteiger partial charge in [-0.15, -0.1) is 0 Å². The van der Waals surface area contributed by atoms with Crippen LogP contribution >= 0.6 is 0 Å². The normalized spacial score (nSPS) is 19.3. The van der Waals surface area contributed by atoms with E-state index in [0.717, 1.165) is 37.9 Å². The molecule has 1 saturated heterocycles. The first-order chi connectivity index (χ1) is 16.1. The summed E-state index contributed by atoms with van der Waals surface area (Å²) in [5, 5.41) is 20.3. The summed E-state index contributed by atoms with van der Waals surface area (Å²) >= 11 is 0. The zero-order valence-electron chi connectivity index (χ0n) is 18.8. The van der Waals surface area contributed by atoms with E-state index >= 15 is 0 Å². The van der Waals surface area contributed by atoms with Gasteiger partial charge >= 0.3 is 6.01 Å². The number of anilines is 1. The fourth-order valence-corrected chi connectivity index (χ4v) is 4.64. The highest BCUT2D eigenvalue weighted by Gasteiger charge is 2.30. The molecule has 33 heavy (non-hydrogen) atoms. The van der Waals surface area contributed by atoms with E-state index in [2.05, 4.69) is 34.0 Å². The van der Waals surface area contributed by atoms with Crippen LogP contribution < -0.4 is 9.64 Å². The minimum Gasteiger partial charge on any atom is -0.508 e. The van der Waals surface area contributed by atoms with E-state index in [9.17, 15) is 10.2 Å². The lowest BCUT2D eigenvalue weighted by atomic mass is 9.93. The molecule has 2 N–H and O–H groups in total. The second kappa shape index (κ2) is 9.33. The molecule has 0 spiro atoms. The van der Waals surface area contributed by atoms with Gasteiger partial charge < -0.3 is 24.7 Å². The van der Waals surface area contributed by atoms with Gasteiger partial charge in [0.25, 0.3) is 0 Å². The zero-order valence-corrected chi connectivity index (χ0v) is 18.8. The van der Waals surface area contributed by atoms with Crippen LogP contribution in [0.1, 0.15) is 30.0 Å². The van der Waals surface area contributed by atoms with Crippen LogP contribution in [-0.4, -0.2) is 69.5 Å². The third-order valence-corrected chi connectivity index (χ3v) is 6.49. The van der Waals surface area contributed by atoms with Gasteiger partial charge in [-0.3, -0.25) is 0 Å². The molecule has 3 heterocycles. The monoisotopic (exact) mass is 447 g/mol. The number of aromatic nitrogens is 3. The van der Waals surface area contributed by atoms with Crippen molar-refractivity contribution in [2.24, 2.45) is 0 Å². The fourth-order valence-electron chi connectivity index (χ4n) is 4.64. The molecule has 8 heteroatoms. The molecule has 2 aromatic carbocycles. The number of benzene rings is 2. The molecule has 0 saturated carbocycles. The van der Waals surface area contributed by atoms with Crippen LogP contribution in [0.15, 0.2) is 48.5 Å². The molecule has 0 radical (unpaired) electrons. The van der Waals surface area contributed by atoms with E-state index < -0.39 is 0 Å². The Balaban J connectivity index is 1.52. The summed E-state index contributed by atoms with van der Waals surface area (Å²) in [5.41, 5.74) is 3.01. The molecular formula is C25H29N5O3. The Morgan fingerprint density at radius 3 is 2.61 bits per heavy atom. The van der Waals surface area contributed by atoms with Crippen molar-refractivity contribution in [1.82, 2.24) is 19.9 Å². The number of aliphatic hydroxyl groups excluding tert-OH is 1. The van der Waals surface area contributed by atoms with Crippen molar-refractivity contribution < 1.29 is 14.9 Å². The fraction of sp³-hybridized carbons (Fsp3) is 0.400. The van der Waals surface area contributed by atoms with Gasteiger partial charge in [-0.25, -0.2) is 0 Å². The van der Waals surface area contributed by atoms with Crippen molar-refractivity contribution >= 4 is 5.95 Å². The number of piperidine rings is 1. The molecule has 1 atom stereocenters. The lowest BCUT2D eigenvalue weighted by molar-refractivity contribution is 0.105. The number of ether oxygens (including phenoxy) is 1. The molecule has 2 aliphatic heterocycles. The molecule has 0 aliphatic carbocycles. The summed E-state index contributed by atoms with van der Waals surface area (Å²) in [6.45, 7) is 2.57. The summed E-state index contributed by atoms with van der Waals surface area (Å²) < 4.78 is 6.23. The highest BCUT2D eigenvalue weighted by molar-refractivity contribution is 5.59. The van der Waals surface area contributed by atoms with Gasteiger partial charge in [-0.1, -0.05) is 36.4 Å². The molecule has 0 amide bonds. The van der Waals surface area contributed by atoms with E-state index in [1.54, 1.807) is 18.2 Å². The van der Waals surface area contributed by atoms with Crippen molar-refractivity contribution in [3.05, 3.63) is 59.7 Å². The quantitative estimate of drug-likeness (QED) is 0.617. The van der Waals surface area contributed by atoms with Crippen molar-refractivity contribution in [3.8, 4) is 23.1 Å². The van der Waals surface area contributed by atoms with E-state index in [-0.39, 0.29) is 30.5 Å². The first kappa shape index (κ1) is 21.6. The van der Waals surface area contributed by atoms with Gasteiger partial charge in [0.1, 0.15) is 11.9 Å². The van der Waals surface area contributed by atoms with Crippen molar-refractivity contribution in [3.63, 3.8) is 0 Å². The first-order valence-corrected chi connectivity index (χ1v) is 11.5. The Morgan fingerprint density at radius 2 is 1.82 bits per heavy atom. The number of hydrogen-bond donors (Lipinski definition) is 2. The van der Waals surface area contributed by atoms with E-state index in [4.69, 9.17) is 9.72 Å². The van der Waals surface area contributed by atoms with Crippen LogP contribution in [-0.2, 0) is 6.42 Å². The maximum atomic E-state index is 10.3. The van der Waals surface area contributed by atoms with Gasteiger partial charge in [0.2, 0.25) is 5.95 Å². The predicted octanol–water partition coefficient (Wildman–Crippen LogP) is 2.81. The molecule has 8 nitrogen and oxygen atoms in total. The Morgan fingerprint density at radius 1 is 1.00 bits per heavy atom. The summed E-state index contributed by atoms with van der Waals surface area (Å²) in [6, 6.07) is 15.1. The molecule has 1 fully saturated rings. The van der Waals surface area contributed by atoms with Crippen molar-refractivity contribution in [1.29, 1.82) is 0 Å². The Kier molecular flexibility index (Phi) is 6.11. The number of aromatic hydroxyl groups is 1. The number of likely N-dealkylation sites (tertiary alicyclic amines) is 1. The molecule has 5 rings (SSSR count). The molecule has 1 aromatic heterocycles. The number of rotatable bonds is 5. The van der Waals surface area contributed by atoms with Crippen molar-refractivity contribution in [2.75, 3.05) is 38.2 Å². The second-order valence-electron chi connectivity index (χ2n) is 8.75. The van der Waals surface area contributed by atoms with E-state index in [0.29, 0.717) is 23.9 Å². The minimum atomic E-state index is -0.245. The number of aliphatic hydroxyl groups is 1. The number of nitrogens with zero attached hydrogens (tertiary/aromatic N) is 5. The van der Waals surface area contributed by atoms with Gasteiger partial charge in [-0.05, 0) is 49.6 Å². The highest BCUT2D eigenvalue weighted by atomic mass is 16.5. The molecule has 2 aliphatic rings. The first-order valence-electron chi connectivity index (χ1n) is 11.5. The predicted molar refractivity (Wildman–Crippen MR) is 125 cm³/mol. The third kappa shape index (κ3) is 4.62. The van der Waals surface area contributed by atoms with Crippen LogP contribution in [0.25, 0.3) is 11.4 Å². The number of phenols is 1. The average molecular weight is 448 g/mol. The largest absolute Gasteiger partial charge is 0.508 e. The van der Waals surface area contributed by atoms with Crippen LogP contribution in [0.2, 0.25) is 0 Å². The third-order valence-electron chi connectivity index (χ3n) is 6.49. The van der Waals surface area contributed by atoms with Crippen LogP contribution in [0, 0.1) is 0 Å². The van der Waals surface area contributed by atoms with E-state index in [1.165, 1.54) is 5.56 Å². The minimum absolute atomic E-state index is 0.0456. The number of phenolic OH excluding ortho intramolecular Hbond substituents is 1. The van der Waals surface area contributed by atoms with Crippen molar-refractivity contribution in [2.45, 2.75) is 31.4 Å². The maximum Gasteiger partial charge on any atom is 0.322 e. The van der Waals surface area contributed by atoms with Crippen LogP contribution in [0.5, 0.6) is 11.8 Å². The van der Waals surface area contributed by atoms with Crippen LogP contribution in [0.4, 0.5) is 5.95 Å². The topological polar surface area (TPSA) is 94.8 Å². The smallest absolute Gasteiger partial charge is 0.322 e. The summed E-state index contributed by atoms with van der Waals surface area (Å²) in [6.07, 6.45) is 2.71. The van der Waals surface area contributed by atoms with Crippen LogP contribution in [0.3, 0.4) is 0 Å². The molecule has 0 bridgehead atoms. The average Bonchev–Trinajstić information content (AvgIpc) is 2.84. The highest BCUT2D eigenvalue weighted by Crippen LogP contribution is 2.33. The SMILES string of the molecule is CN1CCC(Oc2nc(-c3cccc(O)c3)nc(N3CCc4ccccc4[C@@H]3CO)n2)CC1. The van der Waals surface area contributed by atoms with E-state index in [1.807, 2.05) is 23.1 Å². The molecular weight excluding hydrogens is 418 g/mol. The number of hydrogen-bond acceptors (Lipinski definition) is 8. The Hall–Kier alpha value is -3.23. The Bertz CT molecular complexity index is 1120. The zero-order chi connectivity index (χ0) is 22.8. The second-order valence-corrected chi connectivity index (χ2v) is 8.75. The van der Waals surface area contributed by atoms with Gasteiger partial charge in [0.05, 0.1) is 12.6 Å². The van der Waals surface area contributed by atoms with Gasteiger partial charge in [-0.2, -0.15) is 15.0 Å². The summed E-state index contributed by atoms with van der Waals surface area (Å²) in [4.78, 5) is 18.3. The lowest BCUT2D eigenvalue weighted by Gasteiger charge is -2.36. The lowest BCUT2D eigenvalue weighted by Crippen LogP contribution is -2.39. The van der Waals surface area contributed by atoms with Gasteiger partial charge in [0, 0.05) is 25.2 Å². The maximum absolute atomic E-state index is 10.3. The molecule has 3 aromatic rings. The Labute approximate surface area is 193 Å². The molecule has 172 valence electrons. The summed E-state index contributed by atoms with van der Waals surface area (Å²) in [7, 11) is 2.11. The standard InChI is InChI=1S/C25H29N5O3/c1-29-12-10-20(11-13-29)33-25-27-23(18-6-4-7-19(32)15-18)26-24(28-25)30-14-9-17-5-2-3-8-21(17)22(30)16-31/h2-8,15,20,22,31-32H,9-14,16H2,1H3/t22-/m0/s1. The summed E-state index contributed by atoms with van der Waals surface area (Å²) in [5.74, 6) is 1.06. The van der Waals surface area contributed by atoms with Gasteiger partial charge in [0.15, 0.2) is 5.82 Å². The number of fused-ring (bicyclic) bond motifs is 1.